The molecule has 2 aromatic carbocycles. The van der Waals surface area contributed by atoms with Crippen LogP contribution < -0.4 is 24.4 Å². The van der Waals surface area contributed by atoms with Crippen LogP contribution in [0.3, 0.4) is 0 Å². The third-order valence-corrected chi connectivity index (χ3v) is 7.79. The number of nitriles is 1. The van der Waals surface area contributed by atoms with Crippen LogP contribution in [0.2, 0.25) is 0 Å². The van der Waals surface area contributed by atoms with Gasteiger partial charge in [0.2, 0.25) is 0 Å². The maximum absolute atomic E-state index is 14.0. The molecule has 10 heteroatoms. The Balaban J connectivity index is 1.73. The van der Waals surface area contributed by atoms with Crippen molar-refractivity contribution < 1.29 is 19.0 Å². The van der Waals surface area contributed by atoms with Crippen molar-refractivity contribution >= 4 is 34.3 Å². The molecule has 0 radical (unpaired) electrons. The van der Waals surface area contributed by atoms with Gasteiger partial charge in [-0.15, -0.1) is 0 Å². The summed E-state index contributed by atoms with van der Waals surface area (Å²) in [7, 11) is 1.30. The Kier molecular flexibility index (Phi) is 7.58. The summed E-state index contributed by atoms with van der Waals surface area (Å²) in [5, 5.41) is 10.3. The molecule has 0 saturated heterocycles. The lowest BCUT2D eigenvalue weighted by Crippen LogP contribution is -2.39. The summed E-state index contributed by atoms with van der Waals surface area (Å²) in [6.45, 7) is 6.79. The number of rotatable bonds is 8. The molecule has 0 N–H and O–H groups in total. The zero-order chi connectivity index (χ0) is 28.4. The molecule has 1 aliphatic heterocycles. The first kappa shape index (κ1) is 27.0. The van der Waals surface area contributed by atoms with Crippen molar-refractivity contribution in [3.05, 3.63) is 90.7 Å². The van der Waals surface area contributed by atoms with E-state index in [1.165, 1.54) is 29.2 Å². The van der Waals surface area contributed by atoms with Gasteiger partial charge in [0.1, 0.15) is 6.54 Å². The molecule has 0 amide bonds. The van der Waals surface area contributed by atoms with E-state index < -0.39 is 12.0 Å². The van der Waals surface area contributed by atoms with Gasteiger partial charge in [0, 0.05) is 28.4 Å². The van der Waals surface area contributed by atoms with Crippen LogP contribution in [0.15, 0.2) is 64.0 Å². The van der Waals surface area contributed by atoms with Crippen LogP contribution in [0, 0.1) is 18.3 Å². The average Bonchev–Trinajstić information content (AvgIpc) is 3.42. The van der Waals surface area contributed by atoms with Crippen molar-refractivity contribution in [2.45, 2.75) is 33.4 Å². The van der Waals surface area contributed by atoms with E-state index in [2.05, 4.69) is 11.1 Å². The van der Waals surface area contributed by atoms with Gasteiger partial charge in [-0.1, -0.05) is 35.6 Å². The van der Waals surface area contributed by atoms with E-state index in [4.69, 9.17) is 14.2 Å². The van der Waals surface area contributed by atoms with Crippen LogP contribution in [-0.2, 0) is 16.1 Å². The summed E-state index contributed by atoms with van der Waals surface area (Å²) in [5.41, 5.74) is 3.27. The molecular weight excluding hydrogens is 528 g/mol. The summed E-state index contributed by atoms with van der Waals surface area (Å²) in [6, 6.07) is 14.6. The van der Waals surface area contributed by atoms with E-state index in [1.807, 2.05) is 61.7 Å². The number of fused-ring (bicyclic) bond motifs is 2. The Hall–Kier alpha value is -4.62. The molecular formula is C30H28N4O5S. The van der Waals surface area contributed by atoms with Crippen molar-refractivity contribution in [1.82, 2.24) is 9.13 Å². The number of ether oxygens (including phenoxy) is 3. The molecule has 1 atom stereocenters. The largest absolute Gasteiger partial charge is 0.490 e. The number of carbonyl (C=O) groups excluding carboxylic acids is 1. The summed E-state index contributed by atoms with van der Waals surface area (Å²) in [6.07, 6.45) is 3.31. The van der Waals surface area contributed by atoms with E-state index in [1.54, 1.807) is 12.1 Å². The standard InChI is InChI=1S/C30H28N4O5S/c1-5-38-24-12-11-19(15-25(24)39-6-2)27-22(29(36)37-4)17-32-30-34(27)28(35)26(40-30)16-21-18(3)33(14-13-31)23-10-8-7-9-20(21)23/h7-12,15-17,27H,5-6,14H2,1-4H3/b26-16+/t27-/m1/s1. The number of esters is 1. The van der Waals surface area contributed by atoms with Gasteiger partial charge in [0.25, 0.3) is 5.56 Å². The smallest absolute Gasteiger partial charge is 0.337 e. The highest BCUT2D eigenvalue weighted by atomic mass is 32.1. The van der Waals surface area contributed by atoms with Gasteiger partial charge in [0.05, 0.1) is 42.5 Å². The summed E-state index contributed by atoms with van der Waals surface area (Å²) in [4.78, 5) is 31.8. The molecule has 5 rings (SSSR count). The monoisotopic (exact) mass is 556 g/mol. The third-order valence-electron chi connectivity index (χ3n) is 6.79. The zero-order valence-corrected chi connectivity index (χ0v) is 23.4. The van der Waals surface area contributed by atoms with Gasteiger partial charge in [-0.25, -0.2) is 9.79 Å². The van der Waals surface area contributed by atoms with Gasteiger partial charge >= 0.3 is 5.97 Å². The van der Waals surface area contributed by atoms with E-state index in [9.17, 15) is 14.9 Å². The molecule has 40 heavy (non-hydrogen) atoms. The average molecular weight is 557 g/mol. The number of hydrogen-bond acceptors (Lipinski definition) is 8. The summed E-state index contributed by atoms with van der Waals surface area (Å²) in [5.74, 6) is 0.518. The molecule has 0 bridgehead atoms. The molecule has 3 heterocycles. The Morgan fingerprint density at radius 3 is 2.62 bits per heavy atom. The fourth-order valence-electron chi connectivity index (χ4n) is 5.03. The fourth-order valence-corrected chi connectivity index (χ4v) is 5.98. The van der Waals surface area contributed by atoms with Gasteiger partial charge in [-0.2, -0.15) is 5.26 Å². The molecule has 4 aromatic rings. The molecule has 0 aliphatic carbocycles. The van der Waals surface area contributed by atoms with E-state index in [-0.39, 0.29) is 17.7 Å². The quantitative estimate of drug-likeness (QED) is 0.307. The summed E-state index contributed by atoms with van der Waals surface area (Å²) >= 11 is 1.24. The van der Waals surface area contributed by atoms with Gasteiger partial charge in [-0.3, -0.25) is 9.36 Å². The molecule has 2 aromatic heterocycles. The zero-order valence-electron chi connectivity index (χ0n) is 22.6. The van der Waals surface area contributed by atoms with Crippen molar-refractivity contribution in [2.24, 2.45) is 4.99 Å². The van der Waals surface area contributed by atoms with Crippen LogP contribution in [0.4, 0.5) is 0 Å². The van der Waals surface area contributed by atoms with Crippen LogP contribution in [0.25, 0.3) is 17.0 Å². The minimum atomic E-state index is -0.776. The Morgan fingerprint density at radius 2 is 1.90 bits per heavy atom. The van der Waals surface area contributed by atoms with Crippen molar-refractivity contribution in [3.8, 4) is 17.6 Å². The van der Waals surface area contributed by atoms with E-state index >= 15 is 0 Å². The van der Waals surface area contributed by atoms with E-state index in [0.29, 0.717) is 39.6 Å². The van der Waals surface area contributed by atoms with Gasteiger partial charge in [-0.05, 0) is 50.6 Å². The molecule has 0 fully saturated rings. The topological polar surface area (TPSA) is 108 Å². The number of para-hydroxylation sites is 1. The van der Waals surface area contributed by atoms with Crippen LogP contribution in [-0.4, -0.2) is 35.4 Å². The number of hydrogen-bond donors (Lipinski definition) is 0. The normalized spacial score (nSPS) is 14.7. The Labute approximate surface area is 234 Å². The number of methoxy groups -OCH3 is 1. The number of nitrogens with zero attached hydrogens (tertiary/aromatic N) is 4. The molecule has 204 valence electrons. The first-order valence-electron chi connectivity index (χ1n) is 12.9. The predicted octanol–water partition coefficient (Wildman–Crippen LogP) is 3.60. The number of aromatic nitrogens is 2. The summed E-state index contributed by atoms with van der Waals surface area (Å²) < 4.78 is 20.5. The highest BCUT2D eigenvalue weighted by molar-refractivity contribution is 7.07. The minimum Gasteiger partial charge on any atom is -0.490 e. The maximum Gasteiger partial charge on any atom is 0.337 e. The predicted molar refractivity (Wildman–Crippen MR) is 152 cm³/mol. The van der Waals surface area contributed by atoms with Crippen molar-refractivity contribution in [2.75, 3.05) is 20.3 Å². The lowest BCUT2D eigenvalue weighted by atomic mass is 9.97. The Morgan fingerprint density at radius 1 is 1.15 bits per heavy atom. The van der Waals surface area contributed by atoms with Crippen molar-refractivity contribution in [3.63, 3.8) is 0 Å². The number of carbonyl (C=O) groups is 1. The number of thiazole rings is 1. The second-order valence-electron chi connectivity index (χ2n) is 9.01. The SMILES string of the molecule is CCOc1ccc([C@@H]2C(C(=O)OC)=CN=c3s/c(=C/c4c(C)n(CC#N)c5ccccc45)c(=O)n32)cc1OCC. The molecule has 0 unspecified atom stereocenters. The third kappa shape index (κ3) is 4.58. The molecule has 0 saturated carbocycles. The Bertz CT molecular complexity index is 1870. The number of benzene rings is 2. The highest BCUT2D eigenvalue weighted by Crippen LogP contribution is 2.35. The van der Waals surface area contributed by atoms with Gasteiger partial charge in [0.15, 0.2) is 16.3 Å². The van der Waals surface area contributed by atoms with E-state index in [0.717, 1.165) is 22.2 Å². The first-order valence-corrected chi connectivity index (χ1v) is 13.7. The fraction of sp³-hybridized carbons (Fsp3) is 0.267. The molecule has 9 nitrogen and oxygen atoms in total. The second kappa shape index (κ2) is 11.2. The minimum absolute atomic E-state index is 0.198. The lowest BCUT2D eigenvalue weighted by Gasteiger charge is -2.23. The molecule has 1 aliphatic rings. The van der Waals surface area contributed by atoms with Crippen LogP contribution in [0.1, 0.15) is 36.7 Å². The first-order chi connectivity index (χ1) is 19.4. The van der Waals surface area contributed by atoms with Crippen molar-refractivity contribution in [1.29, 1.82) is 5.26 Å². The maximum atomic E-state index is 14.0. The second-order valence-corrected chi connectivity index (χ2v) is 10.0. The van der Waals surface area contributed by atoms with Crippen LogP contribution >= 0.6 is 11.3 Å². The van der Waals surface area contributed by atoms with Crippen LogP contribution in [0.5, 0.6) is 11.5 Å². The van der Waals surface area contributed by atoms with Gasteiger partial charge < -0.3 is 18.8 Å². The lowest BCUT2D eigenvalue weighted by molar-refractivity contribution is -0.136. The highest BCUT2D eigenvalue weighted by Gasteiger charge is 2.31. The molecule has 0 spiro atoms.